The Morgan fingerprint density at radius 1 is 1.23 bits per heavy atom. The molecular formula is C20H16F3N3O3S. The molecule has 1 N–H and O–H groups in total. The van der Waals surface area contributed by atoms with Crippen LogP contribution in [0.4, 0.5) is 24.0 Å². The molecule has 6 nitrogen and oxygen atoms in total. The molecule has 0 saturated heterocycles. The molecule has 0 spiro atoms. The molecule has 3 aromatic rings. The van der Waals surface area contributed by atoms with E-state index in [1.54, 1.807) is 35.8 Å². The summed E-state index contributed by atoms with van der Waals surface area (Å²) in [7, 11) is 0. The van der Waals surface area contributed by atoms with Crippen LogP contribution >= 0.6 is 11.3 Å². The second-order valence-electron chi connectivity index (χ2n) is 6.43. The SMILES string of the molecule is O=C(Nc1nccs1)c1ccc2c(c1)OCCN(c1cccc(OC(F)(F)F)c1)C2. The molecule has 1 aromatic heterocycles. The molecule has 0 bridgehead atoms. The predicted molar refractivity (Wildman–Crippen MR) is 106 cm³/mol. The number of anilines is 2. The summed E-state index contributed by atoms with van der Waals surface area (Å²) in [5.74, 6) is -0.0129. The molecule has 2 aromatic carbocycles. The van der Waals surface area contributed by atoms with E-state index in [1.807, 2.05) is 4.90 Å². The van der Waals surface area contributed by atoms with Crippen LogP contribution in [0.15, 0.2) is 54.0 Å². The molecule has 10 heteroatoms. The number of fused-ring (bicyclic) bond motifs is 1. The first-order valence-corrected chi connectivity index (χ1v) is 9.83. The van der Waals surface area contributed by atoms with Gasteiger partial charge in [0, 0.05) is 41.0 Å². The van der Waals surface area contributed by atoms with Gasteiger partial charge in [0.25, 0.3) is 5.91 Å². The van der Waals surface area contributed by atoms with Crippen molar-refractivity contribution in [1.82, 2.24) is 4.98 Å². The Morgan fingerprint density at radius 3 is 2.87 bits per heavy atom. The quantitative estimate of drug-likeness (QED) is 0.644. The molecule has 0 unspecified atom stereocenters. The van der Waals surface area contributed by atoms with Crippen LogP contribution in [0.3, 0.4) is 0 Å². The summed E-state index contributed by atoms with van der Waals surface area (Å²) >= 11 is 1.32. The maximum absolute atomic E-state index is 12.5. The van der Waals surface area contributed by atoms with Crippen molar-refractivity contribution < 1.29 is 27.4 Å². The van der Waals surface area contributed by atoms with Gasteiger partial charge in [0.2, 0.25) is 0 Å². The van der Waals surface area contributed by atoms with Gasteiger partial charge in [-0.25, -0.2) is 4.98 Å². The van der Waals surface area contributed by atoms with E-state index >= 15 is 0 Å². The third-order valence-electron chi connectivity index (χ3n) is 4.38. The molecular weight excluding hydrogens is 419 g/mol. The van der Waals surface area contributed by atoms with E-state index in [-0.39, 0.29) is 11.7 Å². The topological polar surface area (TPSA) is 63.7 Å². The molecule has 0 saturated carbocycles. The van der Waals surface area contributed by atoms with Crippen LogP contribution in [-0.2, 0) is 6.54 Å². The van der Waals surface area contributed by atoms with Gasteiger partial charge in [-0.3, -0.25) is 10.1 Å². The van der Waals surface area contributed by atoms with E-state index in [4.69, 9.17) is 4.74 Å². The Morgan fingerprint density at radius 2 is 2.10 bits per heavy atom. The smallest absolute Gasteiger partial charge is 0.491 e. The van der Waals surface area contributed by atoms with Gasteiger partial charge in [-0.2, -0.15) is 0 Å². The van der Waals surface area contributed by atoms with Crippen molar-refractivity contribution in [2.75, 3.05) is 23.4 Å². The van der Waals surface area contributed by atoms with E-state index in [9.17, 15) is 18.0 Å². The van der Waals surface area contributed by atoms with Gasteiger partial charge in [-0.1, -0.05) is 12.1 Å². The third-order valence-corrected chi connectivity index (χ3v) is 5.07. The van der Waals surface area contributed by atoms with Crippen LogP contribution in [0.25, 0.3) is 0 Å². The number of carbonyl (C=O) groups excluding carboxylic acids is 1. The van der Waals surface area contributed by atoms with Gasteiger partial charge in [0.15, 0.2) is 5.13 Å². The zero-order valence-electron chi connectivity index (χ0n) is 15.5. The van der Waals surface area contributed by atoms with Crippen LogP contribution in [0, 0.1) is 0 Å². The molecule has 156 valence electrons. The summed E-state index contributed by atoms with van der Waals surface area (Å²) in [6.45, 7) is 1.19. The number of thiazole rings is 1. The first-order valence-electron chi connectivity index (χ1n) is 8.95. The van der Waals surface area contributed by atoms with Gasteiger partial charge >= 0.3 is 6.36 Å². The van der Waals surface area contributed by atoms with Crippen molar-refractivity contribution in [2.45, 2.75) is 12.9 Å². The van der Waals surface area contributed by atoms with Crippen LogP contribution in [0.5, 0.6) is 11.5 Å². The number of nitrogens with zero attached hydrogens (tertiary/aromatic N) is 2. The number of alkyl halides is 3. The van der Waals surface area contributed by atoms with E-state index in [2.05, 4.69) is 15.0 Å². The largest absolute Gasteiger partial charge is 0.573 e. The normalized spacial score (nSPS) is 13.8. The maximum atomic E-state index is 12.5. The molecule has 1 amide bonds. The van der Waals surface area contributed by atoms with Crippen molar-refractivity contribution in [3.8, 4) is 11.5 Å². The number of hydrogen-bond acceptors (Lipinski definition) is 6. The summed E-state index contributed by atoms with van der Waals surface area (Å²) in [5.41, 5.74) is 1.83. The van der Waals surface area contributed by atoms with Crippen molar-refractivity contribution in [1.29, 1.82) is 0 Å². The number of nitrogens with one attached hydrogen (secondary N) is 1. The second kappa shape index (κ2) is 8.23. The Labute approximate surface area is 173 Å². The lowest BCUT2D eigenvalue weighted by Crippen LogP contribution is -2.25. The van der Waals surface area contributed by atoms with Gasteiger partial charge in [0.1, 0.15) is 18.1 Å². The van der Waals surface area contributed by atoms with E-state index < -0.39 is 6.36 Å². The van der Waals surface area contributed by atoms with E-state index in [0.717, 1.165) is 5.56 Å². The molecule has 0 aliphatic carbocycles. The second-order valence-corrected chi connectivity index (χ2v) is 7.32. The third kappa shape index (κ3) is 4.82. The van der Waals surface area contributed by atoms with Crippen LogP contribution < -0.4 is 19.7 Å². The fraction of sp³-hybridized carbons (Fsp3) is 0.200. The number of benzene rings is 2. The van der Waals surface area contributed by atoms with Gasteiger partial charge in [-0.05, 0) is 24.3 Å². The Balaban J connectivity index is 1.51. The summed E-state index contributed by atoms with van der Waals surface area (Å²) in [6, 6.07) is 10.9. The molecule has 0 atom stereocenters. The molecule has 4 rings (SSSR count). The summed E-state index contributed by atoms with van der Waals surface area (Å²) < 4.78 is 47.3. The Kier molecular flexibility index (Phi) is 5.49. The zero-order valence-corrected chi connectivity index (χ0v) is 16.3. The predicted octanol–water partition coefficient (Wildman–Crippen LogP) is 4.69. The van der Waals surface area contributed by atoms with Gasteiger partial charge in [0.05, 0.1) is 6.54 Å². The minimum absolute atomic E-state index is 0.278. The van der Waals surface area contributed by atoms with Crippen LogP contribution in [0.2, 0.25) is 0 Å². The highest BCUT2D eigenvalue weighted by Gasteiger charge is 2.31. The highest BCUT2D eigenvalue weighted by molar-refractivity contribution is 7.13. The Hall–Kier alpha value is -3.27. The average Bonchev–Trinajstić information content (AvgIpc) is 3.10. The lowest BCUT2D eigenvalue weighted by atomic mass is 10.1. The number of aromatic nitrogens is 1. The molecule has 0 radical (unpaired) electrons. The lowest BCUT2D eigenvalue weighted by molar-refractivity contribution is -0.274. The molecule has 1 aliphatic heterocycles. The lowest BCUT2D eigenvalue weighted by Gasteiger charge is -2.23. The monoisotopic (exact) mass is 435 g/mol. The summed E-state index contributed by atoms with van der Waals surface area (Å²) in [4.78, 5) is 18.3. The zero-order chi connectivity index (χ0) is 21.1. The van der Waals surface area contributed by atoms with Crippen molar-refractivity contribution in [3.05, 3.63) is 65.2 Å². The standard InChI is InChI=1S/C20H16F3N3O3S/c21-20(22,23)29-16-3-1-2-15(11-16)26-7-8-28-17-10-13(4-5-14(17)12-26)18(27)25-19-24-6-9-30-19/h1-6,9-11H,7-8,12H2,(H,24,25,27). The fourth-order valence-corrected chi connectivity index (χ4v) is 3.59. The molecule has 2 heterocycles. The number of hydrogen-bond donors (Lipinski definition) is 1. The number of ether oxygens (including phenoxy) is 2. The number of halogens is 3. The first kappa shape index (κ1) is 20.0. The molecule has 0 fully saturated rings. The Bertz CT molecular complexity index is 1040. The van der Waals surface area contributed by atoms with Gasteiger partial charge < -0.3 is 14.4 Å². The number of carbonyl (C=O) groups is 1. The minimum Gasteiger partial charge on any atom is -0.491 e. The van der Waals surface area contributed by atoms with Crippen LogP contribution in [0.1, 0.15) is 15.9 Å². The number of amides is 1. The minimum atomic E-state index is -4.75. The van der Waals surface area contributed by atoms with Crippen LogP contribution in [-0.4, -0.2) is 30.4 Å². The van der Waals surface area contributed by atoms with E-state index in [1.165, 1.54) is 29.5 Å². The highest BCUT2D eigenvalue weighted by Crippen LogP contribution is 2.31. The fourth-order valence-electron chi connectivity index (χ4n) is 3.06. The number of rotatable bonds is 4. The molecule has 1 aliphatic rings. The molecule has 30 heavy (non-hydrogen) atoms. The summed E-state index contributed by atoms with van der Waals surface area (Å²) in [5, 5.41) is 4.98. The summed E-state index contributed by atoms with van der Waals surface area (Å²) in [6.07, 6.45) is -3.15. The first-order chi connectivity index (χ1) is 14.4. The maximum Gasteiger partial charge on any atom is 0.573 e. The van der Waals surface area contributed by atoms with Gasteiger partial charge in [-0.15, -0.1) is 24.5 Å². The average molecular weight is 435 g/mol. The van der Waals surface area contributed by atoms with Crippen molar-refractivity contribution >= 4 is 28.1 Å². The van der Waals surface area contributed by atoms with Crippen molar-refractivity contribution in [3.63, 3.8) is 0 Å². The highest BCUT2D eigenvalue weighted by atomic mass is 32.1. The van der Waals surface area contributed by atoms with E-state index in [0.29, 0.717) is 41.8 Å². The van der Waals surface area contributed by atoms with Crippen molar-refractivity contribution in [2.24, 2.45) is 0 Å².